The monoisotopic (exact) mass is 355 g/mol. The molecule has 1 saturated heterocycles. The van der Waals surface area contributed by atoms with Gasteiger partial charge in [-0.05, 0) is 56.5 Å². The Morgan fingerprint density at radius 2 is 2.28 bits per heavy atom. The largest absolute Gasteiger partial charge is 0.315 e. The molecule has 6 nitrogen and oxygen atoms in total. The van der Waals surface area contributed by atoms with Gasteiger partial charge in [-0.15, -0.1) is 0 Å². The molecule has 2 aromatic heterocycles. The van der Waals surface area contributed by atoms with E-state index in [0.29, 0.717) is 16.9 Å². The second-order valence-corrected chi connectivity index (χ2v) is 7.61. The molecular weight excluding hydrogens is 334 g/mol. The van der Waals surface area contributed by atoms with E-state index >= 15 is 0 Å². The van der Waals surface area contributed by atoms with Gasteiger partial charge in [0, 0.05) is 12.7 Å². The van der Waals surface area contributed by atoms with Gasteiger partial charge in [0.05, 0.1) is 16.3 Å². The van der Waals surface area contributed by atoms with E-state index in [2.05, 4.69) is 39.8 Å². The number of nitrogens with one attached hydrogen (secondary N) is 2. The van der Waals surface area contributed by atoms with Crippen molar-refractivity contribution in [3.8, 4) is 0 Å². The van der Waals surface area contributed by atoms with E-state index in [-0.39, 0.29) is 5.91 Å². The maximum atomic E-state index is 12.5. The Balaban J connectivity index is 1.52. The Hall–Kier alpha value is -2.25. The summed E-state index contributed by atoms with van der Waals surface area (Å²) in [4.78, 5) is 17.1. The molecule has 4 rings (SSSR count). The molecule has 1 unspecified atom stereocenters. The van der Waals surface area contributed by atoms with Gasteiger partial charge in [0.1, 0.15) is 0 Å². The Morgan fingerprint density at radius 1 is 1.40 bits per heavy atom. The molecule has 0 saturated carbocycles. The first-order chi connectivity index (χ1) is 12.1. The molecular formula is C18H21N5OS. The van der Waals surface area contributed by atoms with Gasteiger partial charge in [-0.3, -0.25) is 14.8 Å². The zero-order chi connectivity index (χ0) is 17.4. The molecule has 1 atom stereocenters. The van der Waals surface area contributed by atoms with Gasteiger partial charge in [0.25, 0.3) is 5.91 Å². The smallest absolute Gasteiger partial charge is 0.277 e. The molecule has 7 heteroatoms. The number of piperidine rings is 1. The summed E-state index contributed by atoms with van der Waals surface area (Å²) in [6, 6.07) is 6.30. The minimum Gasteiger partial charge on any atom is -0.315 e. The van der Waals surface area contributed by atoms with Crippen molar-refractivity contribution >= 4 is 32.6 Å². The first-order valence-corrected chi connectivity index (χ1v) is 9.37. The number of thiazole rings is 1. The summed E-state index contributed by atoms with van der Waals surface area (Å²) in [5.41, 5.74) is 3.70. The van der Waals surface area contributed by atoms with Crippen LogP contribution < -0.4 is 10.6 Å². The van der Waals surface area contributed by atoms with Crippen molar-refractivity contribution in [1.82, 2.24) is 20.1 Å². The molecule has 0 spiro atoms. The van der Waals surface area contributed by atoms with Crippen molar-refractivity contribution in [2.45, 2.75) is 32.7 Å². The Bertz CT molecular complexity index is 923. The lowest BCUT2D eigenvalue weighted by Crippen LogP contribution is -2.32. The van der Waals surface area contributed by atoms with Crippen LogP contribution in [0.1, 0.15) is 40.5 Å². The summed E-state index contributed by atoms with van der Waals surface area (Å²) in [5, 5.41) is 11.3. The van der Waals surface area contributed by atoms with Crippen LogP contribution in [0.2, 0.25) is 0 Å². The van der Waals surface area contributed by atoms with Crippen molar-refractivity contribution in [2.24, 2.45) is 0 Å². The second kappa shape index (κ2) is 6.57. The molecule has 0 aliphatic carbocycles. The number of aromatic nitrogens is 3. The summed E-state index contributed by atoms with van der Waals surface area (Å²) >= 11 is 1.50. The minimum absolute atomic E-state index is 0.212. The fourth-order valence-electron chi connectivity index (χ4n) is 3.31. The van der Waals surface area contributed by atoms with E-state index in [9.17, 15) is 4.79 Å². The van der Waals surface area contributed by atoms with Crippen molar-refractivity contribution in [2.75, 3.05) is 18.4 Å². The van der Waals surface area contributed by atoms with Crippen LogP contribution in [-0.2, 0) is 0 Å². The predicted octanol–water partition coefficient (Wildman–Crippen LogP) is 3.29. The fourth-order valence-corrected chi connectivity index (χ4v) is 4.34. The third-order valence-electron chi connectivity index (χ3n) is 4.54. The van der Waals surface area contributed by atoms with Crippen molar-refractivity contribution in [1.29, 1.82) is 0 Å². The van der Waals surface area contributed by atoms with Gasteiger partial charge in [0.2, 0.25) is 0 Å². The number of amides is 1. The van der Waals surface area contributed by atoms with Crippen LogP contribution in [-0.4, -0.2) is 33.8 Å². The summed E-state index contributed by atoms with van der Waals surface area (Å²) < 4.78 is 2.99. The fraction of sp³-hybridized carbons (Fsp3) is 0.389. The average Bonchev–Trinajstić information content (AvgIpc) is 3.22. The number of hydrogen-bond acceptors (Lipinski definition) is 5. The topological polar surface area (TPSA) is 71.8 Å². The average molecular weight is 355 g/mol. The van der Waals surface area contributed by atoms with E-state index in [0.717, 1.165) is 41.7 Å². The normalized spacial score (nSPS) is 17.8. The Kier molecular flexibility index (Phi) is 4.27. The van der Waals surface area contributed by atoms with Gasteiger partial charge in [0.15, 0.2) is 10.8 Å². The summed E-state index contributed by atoms with van der Waals surface area (Å²) in [7, 11) is 0. The minimum atomic E-state index is -0.212. The number of carbonyl (C=O) groups is 1. The standard InChI is InChI=1S/C18H21N5OS/c1-11-8-12(2)16-15(9-11)25-18(20-16)21-17(24)14-5-7-23(22-14)13-4-3-6-19-10-13/h5,7-9,13,19H,3-4,6,10H2,1-2H3,(H,20,21,24). The lowest BCUT2D eigenvalue weighted by molar-refractivity contribution is 0.102. The van der Waals surface area contributed by atoms with Crippen molar-refractivity contribution in [3.05, 3.63) is 41.2 Å². The van der Waals surface area contributed by atoms with Crippen LogP contribution in [0.15, 0.2) is 24.4 Å². The van der Waals surface area contributed by atoms with Crippen LogP contribution >= 0.6 is 11.3 Å². The third kappa shape index (κ3) is 3.29. The van der Waals surface area contributed by atoms with Gasteiger partial charge >= 0.3 is 0 Å². The highest BCUT2D eigenvalue weighted by molar-refractivity contribution is 7.22. The zero-order valence-corrected chi connectivity index (χ0v) is 15.2. The molecule has 1 aliphatic heterocycles. The van der Waals surface area contributed by atoms with Gasteiger partial charge < -0.3 is 5.32 Å². The number of carbonyl (C=O) groups excluding carboxylic acids is 1. The van der Waals surface area contributed by atoms with Crippen molar-refractivity contribution < 1.29 is 4.79 Å². The Morgan fingerprint density at radius 3 is 3.08 bits per heavy atom. The third-order valence-corrected chi connectivity index (χ3v) is 5.45. The lowest BCUT2D eigenvalue weighted by atomic mass is 10.1. The van der Waals surface area contributed by atoms with Crippen LogP contribution in [0, 0.1) is 13.8 Å². The number of benzene rings is 1. The summed E-state index contributed by atoms with van der Waals surface area (Å²) in [6.45, 7) is 6.07. The van der Waals surface area contributed by atoms with Gasteiger partial charge in [-0.1, -0.05) is 17.4 Å². The zero-order valence-electron chi connectivity index (χ0n) is 14.4. The first-order valence-electron chi connectivity index (χ1n) is 8.55. The molecule has 25 heavy (non-hydrogen) atoms. The molecule has 0 radical (unpaired) electrons. The Labute approximate surface area is 150 Å². The van der Waals surface area contributed by atoms with Gasteiger partial charge in [-0.25, -0.2) is 4.98 Å². The molecule has 3 aromatic rings. The quantitative estimate of drug-likeness (QED) is 0.756. The molecule has 1 amide bonds. The van der Waals surface area contributed by atoms with Crippen LogP contribution in [0.4, 0.5) is 5.13 Å². The number of nitrogens with zero attached hydrogens (tertiary/aromatic N) is 3. The highest BCUT2D eigenvalue weighted by Crippen LogP contribution is 2.29. The second-order valence-electron chi connectivity index (χ2n) is 6.58. The number of hydrogen-bond donors (Lipinski definition) is 2. The molecule has 2 N–H and O–H groups in total. The van der Waals surface area contributed by atoms with Crippen LogP contribution in [0.25, 0.3) is 10.2 Å². The number of anilines is 1. The van der Waals surface area contributed by atoms with Crippen LogP contribution in [0.5, 0.6) is 0 Å². The van der Waals surface area contributed by atoms with Crippen molar-refractivity contribution in [3.63, 3.8) is 0 Å². The number of aryl methyl sites for hydroxylation is 2. The highest BCUT2D eigenvalue weighted by Gasteiger charge is 2.18. The predicted molar refractivity (Wildman–Crippen MR) is 100 cm³/mol. The highest BCUT2D eigenvalue weighted by atomic mass is 32.1. The maximum absolute atomic E-state index is 12.5. The maximum Gasteiger partial charge on any atom is 0.277 e. The summed E-state index contributed by atoms with van der Waals surface area (Å²) in [5.74, 6) is -0.212. The molecule has 130 valence electrons. The molecule has 1 aromatic carbocycles. The van der Waals surface area contributed by atoms with E-state index in [1.165, 1.54) is 16.9 Å². The number of fused-ring (bicyclic) bond motifs is 1. The number of rotatable bonds is 3. The first kappa shape index (κ1) is 16.2. The molecule has 1 aliphatic rings. The molecule has 3 heterocycles. The SMILES string of the molecule is Cc1cc(C)c2nc(NC(=O)c3ccn(C4CCCNC4)n3)sc2c1. The molecule has 0 bridgehead atoms. The van der Waals surface area contributed by atoms with Crippen LogP contribution in [0.3, 0.4) is 0 Å². The van der Waals surface area contributed by atoms with E-state index in [4.69, 9.17) is 0 Å². The summed E-state index contributed by atoms with van der Waals surface area (Å²) in [6.07, 6.45) is 4.11. The lowest BCUT2D eigenvalue weighted by Gasteiger charge is -2.22. The van der Waals surface area contributed by atoms with Gasteiger partial charge in [-0.2, -0.15) is 5.10 Å². The van der Waals surface area contributed by atoms with E-state index < -0.39 is 0 Å². The molecule has 1 fully saturated rings. The van der Waals surface area contributed by atoms with E-state index in [1.54, 1.807) is 6.07 Å². The van der Waals surface area contributed by atoms with E-state index in [1.807, 2.05) is 17.8 Å².